The van der Waals surface area contributed by atoms with Gasteiger partial charge in [0.25, 0.3) is 5.56 Å². The van der Waals surface area contributed by atoms with Crippen LogP contribution in [0.5, 0.6) is 0 Å². The summed E-state index contributed by atoms with van der Waals surface area (Å²) in [6, 6.07) is 0.178. The largest absolute Gasteiger partial charge is 0.369 e. The first-order valence-corrected chi connectivity index (χ1v) is 8.06. The van der Waals surface area contributed by atoms with Crippen molar-refractivity contribution in [3.63, 3.8) is 0 Å². The normalized spacial score (nSPS) is 17.6. The van der Waals surface area contributed by atoms with E-state index in [1.165, 1.54) is 0 Å². The monoisotopic (exact) mass is 326 g/mol. The van der Waals surface area contributed by atoms with Gasteiger partial charge in [-0.1, -0.05) is 25.4 Å². The summed E-state index contributed by atoms with van der Waals surface area (Å²) in [5, 5.41) is 9.33. The molecule has 2 heterocycles. The van der Waals surface area contributed by atoms with Crippen LogP contribution >= 0.6 is 11.6 Å². The molecule has 6 nitrogen and oxygen atoms in total. The van der Waals surface area contributed by atoms with Crippen LogP contribution in [-0.2, 0) is 4.79 Å². The molecule has 7 heteroatoms. The third-order valence-corrected chi connectivity index (χ3v) is 4.72. The van der Waals surface area contributed by atoms with Crippen LogP contribution in [0.1, 0.15) is 33.6 Å². The van der Waals surface area contributed by atoms with Gasteiger partial charge in [0.2, 0.25) is 5.91 Å². The molecule has 1 amide bonds. The SMILES string of the molecule is CC(C)[C@@H](C)NC(=O)C1CCN(c2cn[nH]c(=O)c2Cl)CC1. The fraction of sp³-hybridized carbons (Fsp3) is 0.667. The van der Waals surface area contributed by atoms with E-state index in [1.54, 1.807) is 6.20 Å². The number of hydrogen-bond acceptors (Lipinski definition) is 4. The topological polar surface area (TPSA) is 78.1 Å². The molecule has 1 aromatic rings. The predicted molar refractivity (Wildman–Crippen MR) is 87.2 cm³/mol. The molecule has 0 spiro atoms. The average Bonchev–Trinajstić information content (AvgIpc) is 2.50. The second kappa shape index (κ2) is 7.13. The number of hydrogen-bond donors (Lipinski definition) is 2. The first-order chi connectivity index (χ1) is 10.4. The number of anilines is 1. The van der Waals surface area contributed by atoms with Crippen LogP contribution in [0.4, 0.5) is 5.69 Å². The quantitative estimate of drug-likeness (QED) is 0.884. The van der Waals surface area contributed by atoms with E-state index in [2.05, 4.69) is 29.4 Å². The molecule has 1 aromatic heterocycles. The average molecular weight is 327 g/mol. The highest BCUT2D eigenvalue weighted by atomic mass is 35.5. The molecule has 0 aliphatic carbocycles. The minimum absolute atomic E-state index is 0.0196. The summed E-state index contributed by atoms with van der Waals surface area (Å²) < 4.78 is 0. The zero-order valence-corrected chi connectivity index (χ0v) is 14.0. The molecule has 0 aromatic carbocycles. The van der Waals surface area contributed by atoms with E-state index >= 15 is 0 Å². The van der Waals surface area contributed by atoms with Gasteiger partial charge in [0.1, 0.15) is 5.02 Å². The molecule has 1 fully saturated rings. The van der Waals surface area contributed by atoms with E-state index in [4.69, 9.17) is 11.6 Å². The van der Waals surface area contributed by atoms with E-state index in [-0.39, 0.29) is 28.4 Å². The van der Waals surface area contributed by atoms with E-state index in [0.717, 1.165) is 12.8 Å². The molecule has 1 saturated heterocycles. The highest BCUT2D eigenvalue weighted by Gasteiger charge is 2.27. The Balaban J connectivity index is 1.94. The maximum absolute atomic E-state index is 12.3. The third-order valence-electron chi connectivity index (χ3n) is 4.35. The lowest BCUT2D eigenvalue weighted by atomic mass is 9.94. The Morgan fingerprint density at radius 3 is 2.64 bits per heavy atom. The first kappa shape index (κ1) is 16.8. The number of nitrogens with zero attached hydrogens (tertiary/aromatic N) is 2. The van der Waals surface area contributed by atoms with Crippen molar-refractivity contribution in [1.29, 1.82) is 0 Å². The Kier molecular flexibility index (Phi) is 5.45. The van der Waals surface area contributed by atoms with E-state index in [9.17, 15) is 9.59 Å². The Hall–Kier alpha value is -1.56. The highest BCUT2D eigenvalue weighted by molar-refractivity contribution is 6.33. The molecule has 0 bridgehead atoms. The second-order valence-electron chi connectivity index (χ2n) is 6.20. The van der Waals surface area contributed by atoms with Gasteiger partial charge in [-0.3, -0.25) is 9.59 Å². The van der Waals surface area contributed by atoms with E-state index in [1.807, 2.05) is 11.8 Å². The zero-order chi connectivity index (χ0) is 16.3. The summed E-state index contributed by atoms with van der Waals surface area (Å²) in [6.45, 7) is 7.60. The molecule has 2 rings (SSSR count). The summed E-state index contributed by atoms with van der Waals surface area (Å²) >= 11 is 6.02. The van der Waals surface area contributed by atoms with Crippen LogP contribution < -0.4 is 15.8 Å². The lowest BCUT2D eigenvalue weighted by molar-refractivity contribution is -0.126. The second-order valence-corrected chi connectivity index (χ2v) is 6.58. The zero-order valence-electron chi connectivity index (χ0n) is 13.2. The third kappa shape index (κ3) is 3.80. The van der Waals surface area contributed by atoms with Crippen LogP contribution in [0.2, 0.25) is 5.02 Å². The summed E-state index contributed by atoms with van der Waals surface area (Å²) in [5.74, 6) is 0.562. The molecule has 1 atom stereocenters. The number of carbonyl (C=O) groups excluding carboxylic acids is 1. The van der Waals surface area contributed by atoms with Crippen LogP contribution in [0.25, 0.3) is 0 Å². The number of rotatable bonds is 4. The number of aromatic amines is 1. The number of amides is 1. The number of aromatic nitrogens is 2. The van der Waals surface area contributed by atoms with Crippen LogP contribution in [0, 0.1) is 11.8 Å². The lowest BCUT2D eigenvalue weighted by Crippen LogP contribution is -2.44. The minimum atomic E-state index is -0.384. The smallest absolute Gasteiger partial charge is 0.285 e. The van der Waals surface area contributed by atoms with Crippen molar-refractivity contribution in [1.82, 2.24) is 15.5 Å². The maximum atomic E-state index is 12.3. The molecule has 22 heavy (non-hydrogen) atoms. The molecular weight excluding hydrogens is 304 g/mol. The number of halogens is 1. The molecule has 2 N–H and O–H groups in total. The molecular formula is C15H23ClN4O2. The predicted octanol–water partition coefficient (Wildman–Crippen LogP) is 1.80. The summed E-state index contributed by atoms with van der Waals surface area (Å²) in [5.41, 5.74) is 0.254. The Morgan fingerprint density at radius 1 is 1.41 bits per heavy atom. The minimum Gasteiger partial charge on any atom is -0.369 e. The highest BCUT2D eigenvalue weighted by Crippen LogP contribution is 2.26. The molecule has 0 saturated carbocycles. The maximum Gasteiger partial charge on any atom is 0.285 e. The van der Waals surface area contributed by atoms with Crippen molar-refractivity contribution in [3.8, 4) is 0 Å². The molecule has 0 unspecified atom stereocenters. The van der Waals surface area contributed by atoms with Crippen LogP contribution in [0.15, 0.2) is 11.0 Å². The lowest BCUT2D eigenvalue weighted by Gasteiger charge is -2.33. The van der Waals surface area contributed by atoms with Crippen LogP contribution in [0.3, 0.4) is 0 Å². The van der Waals surface area contributed by atoms with Gasteiger partial charge in [-0.25, -0.2) is 5.10 Å². The van der Waals surface area contributed by atoms with E-state index in [0.29, 0.717) is 24.7 Å². The number of piperidine rings is 1. The van der Waals surface area contributed by atoms with Crippen molar-refractivity contribution >= 4 is 23.2 Å². The molecule has 0 radical (unpaired) electrons. The number of carbonyl (C=O) groups is 1. The van der Waals surface area contributed by atoms with Crippen molar-refractivity contribution < 1.29 is 4.79 Å². The molecule has 1 aliphatic heterocycles. The van der Waals surface area contributed by atoms with Gasteiger partial charge in [0.15, 0.2) is 0 Å². The van der Waals surface area contributed by atoms with E-state index < -0.39 is 0 Å². The number of H-pyrrole nitrogens is 1. The Morgan fingerprint density at radius 2 is 2.05 bits per heavy atom. The standard InChI is InChI=1S/C15H23ClN4O2/c1-9(2)10(3)18-14(21)11-4-6-20(7-5-11)12-8-17-19-15(22)13(12)16/h8-11H,4-7H2,1-3H3,(H,18,21)(H,19,22)/t10-/m1/s1. The van der Waals surface area contributed by atoms with Crippen molar-refractivity contribution in [2.24, 2.45) is 11.8 Å². The van der Waals surface area contributed by atoms with Crippen molar-refractivity contribution in [3.05, 3.63) is 21.6 Å². The Labute approximate surface area is 135 Å². The fourth-order valence-electron chi connectivity index (χ4n) is 2.49. The van der Waals surface area contributed by atoms with Crippen molar-refractivity contribution in [2.45, 2.75) is 39.7 Å². The fourth-order valence-corrected chi connectivity index (χ4v) is 2.70. The van der Waals surface area contributed by atoms with Gasteiger partial charge in [0, 0.05) is 25.0 Å². The van der Waals surface area contributed by atoms with Crippen LogP contribution in [-0.4, -0.2) is 35.2 Å². The summed E-state index contributed by atoms with van der Waals surface area (Å²) in [6.07, 6.45) is 3.06. The summed E-state index contributed by atoms with van der Waals surface area (Å²) in [4.78, 5) is 25.8. The first-order valence-electron chi connectivity index (χ1n) is 7.68. The van der Waals surface area contributed by atoms with Gasteiger partial charge in [-0.05, 0) is 25.7 Å². The molecule has 1 aliphatic rings. The molecule has 122 valence electrons. The van der Waals surface area contributed by atoms with Gasteiger partial charge < -0.3 is 10.2 Å². The summed E-state index contributed by atoms with van der Waals surface area (Å²) in [7, 11) is 0. The number of nitrogens with one attached hydrogen (secondary N) is 2. The van der Waals surface area contributed by atoms with Gasteiger partial charge in [-0.15, -0.1) is 0 Å². The Bertz CT molecular complexity index is 579. The van der Waals surface area contributed by atoms with Gasteiger partial charge >= 0.3 is 0 Å². The van der Waals surface area contributed by atoms with Gasteiger partial charge in [0.05, 0.1) is 11.9 Å². The van der Waals surface area contributed by atoms with Gasteiger partial charge in [-0.2, -0.15) is 5.10 Å². The van der Waals surface area contributed by atoms with Crippen molar-refractivity contribution in [2.75, 3.05) is 18.0 Å².